The van der Waals surface area contributed by atoms with Crippen molar-refractivity contribution >= 4 is 53.1 Å². The van der Waals surface area contributed by atoms with E-state index >= 15 is 0 Å². The van der Waals surface area contributed by atoms with E-state index < -0.39 is 0 Å². The van der Waals surface area contributed by atoms with Crippen molar-refractivity contribution in [2.24, 2.45) is 4.99 Å². The molecule has 1 fully saturated rings. The topological polar surface area (TPSA) is 39.7 Å². The van der Waals surface area contributed by atoms with Crippen molar-refractivity contribution in [1.82, 2.24) is 15.5 Å². The van der Waals surface area contributed by atoms with E-state index in [1.54, 1.807) is 0 Å². The summed E-state index contributed by atoms with van der Waals surface area (Å²) < 4.78 is 0. The molecule has 0 bridgehead atoms. The van der Waals surface area contributed by atoms with Crippen molar-refractivity contribution in [3.05, 3.63) is 33.8 Å². The third-order valence-corrected chi connectivity index (χ3v) is 5.55. The van der Waals surface area contributed by atoms with Gasteiger partial charge in [-0.15, -0.1) is 24.0 Å². The first-order valence-corrected chi connectivity index (χ1v) is 9.83. The molecule has 1 saturated heterocycles. The molecule has 2 rings (SSSR count). The second kappa shape index (κ2) is 11.6. The summed E-state index contributed by atoms with van der Waals surface area (Å²) in [7, 11) is 1.81. The van der Waals surface area contributed by atoms with Gasteiger partial charge in [0, 0.05) is 54.7 Å². The van der Waals surface area contributed by atoms with Gasteiger partial charge < -0.3 is 15.5 Å². The summed E-state index contributed by atoms with van der Waals surface area (Å²) in [4.78, 5) is 6.89. The van der Waals surface area contributed by atoms with Gasteiger partial charge in [-0.25, -0.2) is 0 Å². The van der Waals surface area contributed by atoms with Gasteiger partial charge >= 0.3 is 0 Å². The lowest BCUT2D eigenvalue weighted by Gasteiger charge is -2.35. The van der Waals surface area contributed by atoms with Crippen molar-refractivity contribution in [2.45, 2.75) is 51.6 Å². The Morgan fingerprint density at radius 1 is 1.19 bits per heavy atom. The number of halogens is 3. The maximum atomic E-state index is 6.31. The fourth-order valence-corrected chi connectivity index (χ4v) is 4.05. The van der Waals surface area contributed by atoms with Crippen LogP contribution in [-0.4, -0.2) is 49.6 Å². The van der Waals surface area contributed by atoms with E-state index in [9.17, 15) is 0 Å². The zero-order chi connectivity index (χ0) is 18.4. The molecule has 1 aliphatic rings. The highest BCUT2D eigenvalue weighted by atomic mass is 127. The monoisotopic (exact) mass is 512 g/mol. The quantitative estimate of drug-likeness (QED) is 0.339. The Morgan fingerprint density at radius 2 is 1.77 bits per heavy atom. The standard InChI is InChI=1S/C19H30Cl2N4.HI/c1-13(2)25-10-8-15(9-11-25)24-19(22-4)23-12-14(3)18-16(20)6-5-7-17(18)21;/h5-7,13-15H,8-12H2,1-4H3,(H2,22,23,24);1H. The first-order chi connectivity index (χ1) is 11.9. The predicted octanol–water partition coefficient (Wildman–Crippen LogP) is 4.75. The largest absolute Gasteiger partial charge is 0.356 e. The summed E-state index contributed by atoms with van der Waals surface area (Å²) >= 11 is 12.6. The highest BCUT2D eigenvalue weighted by molar-refractivity contribution is 14.0. The Bertz CT molecular complexity index is 567. The number of rotatable bonds is 5. The zero-order valence-electron chi connectivity index (χ0n) is 16.1. The molecule has 1 aromatic carbocycles. The number of aliphatic imine (C=N–C) groups is 1. The van der Waals surface area contributed by atoms with Crippen LogP contribution in [0.3, 0.4) is 0 Å². The van der Waals surface area contributed by atoms with Crippen LogP contribution in [0.25, 0.3) is 0 Å². The zero-order valence-corrected chi connectivity index (χ0v) is 19.9. The molecule has 0 aromatic heterocycles. The Morgan fingerprint density at radius 3 is 2.27 bits per heavy atom. The molecule has 2 N–H and O–H groups in total. The van der Waals surface area contributed by atoms with Crippen LogP contribution in [0, 0.1) is 0 Å². The van der Waals surface area contributed by atoms with Crippen LogP contribution in [0.1, 0.15) is 45.1 Å². The van der Waals surface area contributed by atoms with Gasteiger partial charge in [0.1, 0.15) is 0 Å². The van der Waals surface area contributed by atoms with Crippen molar-refractivity contribution in [3.63, 3.8) is 0 Å². The number of guanidine groups is 1. The number of nitrogens with one attached hydrogen (secondary N) is 2. The summed E-state index contributed by atoms with van der Waals surface area (Å²) in [5, 5.41) is 8.39. The van der Waals surface area contributed by atoms with Crippen molar-refractivity contribution < 1.29 is 0 Å². The Labute approximate surface area is 185 Å². The number of benzene rings is 1. The summed E-state index contributed by atoms with van der Waals surface area (Å²) in [6.45, 7) is 9.64. The van der Waals surface area contributed by atoms with Crippen LogP contribution in [0.15, 0.2) is 23.2 Å². The van der Waals surface area contributed by atoms with E-state index in [0.717, 1.165) is 44.0 Å². The van der Waals surface area contributed by atoms with E-state index in [1.165, 1.54) is 0 Å². The molecule has 0 saturated carbocycles. The Hall–Kier alpha value is -0.240. The number of nitrogens with zero attached hydrogens (tertiary/aromatic N) is 2. The summed E-state index contributed by atoms with van der Waals surface area (Å²) in [6, 6.07) is 6.74. The average Bonchev–Trinajstić information content (AvgIpc) is 2.58. The minimum absolute atomic E-state index is 0. The molecule has 7 heteroatoms. The van der Waals surface area contributed by atoms with Gasteiger partial charge in [-0.1, -0.05) is 36.2 Å². The third-order valence-electron chi connectivity index (χ3n) is 4.89. The lowest BCUT2D eigenvalue weighted by Crippen LogP contribution is -2.50. The Balaban J connectivity index is 0.00000338. The first kappa shape index (κ1) is 23.8. The van der Waals surface area contributed by atoms with E-state index in [0.29, 0.717) is 22.1 Å². The molecule has 0 radical (unpaired) electrons. The predicted molar refractivity (Wildman–Crippen MR) is 125 cm³/mol. The molecule has 4 nitrogen and oxygen atoms in total. The molecule has 1 aromatic rings. The van der Waals surface area contributed by atoms with Crippen molar-refractivity contribution in [2.75, 3.05) is 26.7 Å². The first-order valence-electron chi connectivity index (χ1n) is 9.07. The molecule has 1 unspecified atom stereocenters. The van der Waals surface area contributed by atoms with E-state index in [1.807, 2.05) is 25.2 Å². The molecule has 1 heterocycles. The SMILES string of the molecule is CN=C(NCC(C)c1c(Cl)cccc1Cl)NC1CCN(C(C)C)CC1.I. The van der Waals surface area contributed by atoms with Gasteiger partial charge in [0.15, 0.2) is 5.96 Å². The second-order valence-electron chi connectivity index (χ2n) is 7.04. The fourth-order valence-electron chi connectivity index (χ4n) is 3.28. The number of likely N-dealkylation sites (tertiary alicyclic amines) is 1. The van der Waals surface area contributed by atoms with Gasteiger partial charge in [-0.3, -0.25) is 4.99 Å². The van der Waals surface area contributed by atoms with Crippen LogP contribution in [0.4, 0.5) is 0 Å². The average molecular weight is 513 g/mol. The van der Waals surface area contributed by atoms with Crippen LogP contribution < -0.4 is 10.6 Å². The number of hydrogen-bond acceptors (Lipinski definition) is 2. The van der Waals surface area contributed by atoms with Crippen LogP contribution in [0.2, 0.25) is 10.0 Å². The van der Waals surface area contributed by atoms with E-state index in [2.05, 4.69) is 41.3 Å². The molecule has 148 valence electrons. The maximum Gasteiger partial charge on any atom is 0.191 e. The molecular weight excluding hydrogens is 482 g/mol. The molecule has 1 atom stereocenters. The second-order valence-corrected chi connectivity index (χ2v) is 7.85. The lowest BCUT2D eigenvalue weighted by molar-refractivity contribution is 0.167. The van der Waals surface area contributed by atoms with Gasteiger partial charge in [0.2, 0.25) is 0 Å². The van der Waals surface area contributed by atoms with Gasteiger partial charge in [0.05, 0.1) is 0 Å². The van der Waals surface area contributed by atoms with E-state index in [4.69, 9.17) is 23.2 Å². The van der Waals surface area contributed by atoms with Gasteiger partial charge in [-0.2, -0.15) is 0 Å². The highest BCUT2D eigenvalue weighted by Crippen LogP contribution is 2.30. The molecule has 0 spiro atoms. The normalized spacial score (nSPS) is 17.7. The maximum absolute atomic E-state index is 6.31. The molecule has 0 amide bonds. The molecular formula is C19H31Cl2IN4. The van der Waals surface area contributed by atoms with Gasteiger partial charge in [0.25, 0.3) is 0 Å². The summed E-state index contributed by atoms with van der Waals surface area (Å²) in [5.74, 6) is 1.04. The molecule has 0 aliphatic carbocycles. The minimum atomic E-state index is 0. The third kappa shape index (κ3) is 6.73. The molecule has 1 aliphatic heterocycles. The number of piperidine rings is 1. The molecule has 26 heavy (non-hydrogen) atoms. The fraction of sp³-hybridized carbons (Fsp3) is 0.632. The Kier molecular flexibility index (Phi) is 10.6. The van der Waals surface area contributed by atoms with Crippen LogP contribution in [-0.2, 0) is 0 Å². The van der Waals surface area contributed by atoms with Crippen molar-refractivity contribution in [1.29, 1.82) is 0 Å². The highest BCUT2D eigenvalue weighted by Gasteiger charge is 2.21. The smallest absolute Gasteiger partial charge is 0.191 e. The lowest BCUT2D eigenvalue weighted by atomic mass is 10.0. The van der Waals surface area contributed by atoms with Crippen molar-refractivity contribution in [3.8, 4) is 0 Å². The van der Waals surface area contributed by atoms with Crippen LogP contribution >= 0.6 is 47.2 Å². The summed E-state index contributed by atoms with van der Waals surface area (Å²) in [6.07, 6.45) is 2.29. The summed E-state index contributed by atoms with van der Waals surface area (Å²) in [5.41, 5.74) is 0.985. The minimum Gasteiger partial charge on any atom is -0.356 e. The van der Waals surface area contributed by atoms with Gasteiger partial charge in [-0.05, 0) is 44.4 Å². The van der Waals surface area contributed by atoms with E-state index in [-0.39, 0.29) is 29.9 Å². The number of hydrogen-bond donors (Lipinski definition) is 2. The van der Waals surface area contributed by atoms with Crippen LogP contribution in [0.5, 0.6) is 0 Å².